The van der Waals surface area contributed by atoms with Crippen LogP contribution in [-0.2, 0) is 20.7 Å². The number of hydrogen-bond acceptors (Lipinski definition) is 4. The van der Waals surface area contributed by atoms with Crippen LogP contribution in [0.1, 0.15) is 18.9 Å². The van der Waals surface area contributed by atoms with Crippen molar-refractivity contribution in [3.63, 3.8) is 0 Å². The number of aromatic amines is 1. The number of ether oxygens (including phenoxy) is 1. The van der Waals surface area contributed by atoms with Crippen LogP contribution in [0.5, 0.6) is 0 Å². The molecule has 1 aromatic heterocycles. The van der Waals surface area contributed by atoms with Crippen molar-refractivity contribution in [1.82, 2.24) is 9.88 Å². The molecule has 1 aliphatic rings. The molecule has 1 amide bonds. The molecule has 1 atom stereocenters. The first-order valence-corrected chi connectivity index (χ1v) is 9.45. The first kappa shape index (κ1) is 16.9. The SMILES string of the molecule is CCOC(=O)[C@@H]1CSCCN1C(=O)CCc1c[nH]c2ccccc12. The van der Waals surface area contributed by atoms with Crippen LogP contribution < -0.4 is 0 Å². The molecular weight excluding hydrogens is 324 g/mol. The van der Waals surface area contributed by atoms with Crippen molar-refractivity contribution in [3.05, 3.63) is 36.0 Å². The third-order valence-corrected chi connectivity index (χ3v) is 5.31. The summed E-state index contributed by atoms with van der Waals surface area (Å²) in [5, 5.41) is 1.15. The summed E-state index contributed by atoms with van der Waals surface area (Å²) in [7, 11) is 0. The smallest absolute Gasteiger partial charge is 0.329 e. The number of benzene rings is 1. The van der Waals surface area contributed by atoms with E-state index in [0.29, 0.717) is 31.7 Å². The maximum Gasteiger partial charge on any atom is 0.329 e. The molecule has 5 nitrogen and oxygen atoms in total. The maximum absolute atomic E-state index is 12.6. The number of rotatable bonds is 5. The minimum Gasteiger partial charge on any atom is -0.464 e. The lowest BCUT2D eigenvalue weighted by Gasteiger charge is -2.33. The van der Waals surface area contributed by atoms with Gasteiger partial charge in [-0.25, -0.2) is 4.79 Å². The van der Waals surface area contributed by atoms with Gasteiger partial charge in [-0.15, -0.1) is 0 Å². The van der Waals surface area contributed by atoms with Crippen molar-refractivity contribution in [2.24, 2.45) is 0 Å². The highest BCUT2D eigenvalue weighted by Crippen LogP contribution is 2.22. The summed E-state index contributed by atoms with van der Waals surface area (Å²) in [6.07, 6.45) is 3.04. The van der Waals surface area contributed by atoms with Crippen LogP contribution in [0.4, 0.5) is 0 Å². The van der Waals surface area contributed by atoms with E-state index in [2.05, 4.69) is 11.1 Å². The zero-order valence-electron chi connectivity index (χ0n) is 13.8. The van der Waals surface area contributed by atoms with Gasteiger partial charge in [0, 0.05) is 41.6 Å². The molecule has 0 spiro atoms. The summed E-state index contributed by atoms with van der Waals surface area (Å²) in [5.41, 5.74) is 2.22. The van der Waals surface area contributed by atoms with E-state index in [1.807, 2.05) is 24.4 Å². The van der Waals surface area contributed by atoms with Gasteiger partial charge in [-0.3, -0.25) is 4.79 Å². The van der Waals surface area contributed by atoms with Crippen molar-refractivity contribution in [3.8, 4) is 0 Å². The molecule has 3 rings (SSSR count). The molecule has 2 heterocycles. The lowest BCUT2D eigenvalue weighted by Crippen LogP contribution is -2.51. The first-order chi connectivity index (χ1) is 11.7. The number of H-pyrrole nitrogens is 1. The van der Waals surface area contributed by atoms with Gasteiger partial charge in [-0.2, -0.15) is 11.8 Å². The molecule has 2 aromatic rings. The van der Waals surface area contributed by atoms with Gasteiger partial charge in [-0.05, 0) is 25.0 Å². The minimum absolute atomic E-state index is 0.0265. The Labute approximate surface area is 145 Å². The van der Waals surface area contributed by atoms with Gasteiger partial charge in [0.2, 0.25) is 5.91 Å². The van der Waals surface area contributed by atoms with Crippen molar-refractivity contribution >= 4 is 34.5 Å². The van der Waals surface area contributed by atoms with Gasteiger partial charge in [0.15, 0.2) is 0 Å². The van der Waals surface area contributed by atoms with Crippen LogP contribution in [0.25, 0.3) is 10.9 Å². The molecule has 1 aliphatic heterocycles. The Bertz CT molecular complexity index is 728. The molecule has 128 valence electrons. The Morgan fingerprint density at radius 1 is 1.38 bits per heavy atom. The fourth-order valence-corrected chi connectivity index (χ4v) is 4.09. The molecule has 6 heteroatoms. The van der Waals surface area contributed by atoms with Crippen LogP contribution >= 0.6 is 11.8 Å². The predicted molar refractivity (Wildman–Crippen MR) is 96.1 cm³/mol. The van der Waals surface area contributed by atoms with Gasteiger partial charge in [0.1, 0.15) is 6.04 Å². The van der Waals surface area contributed by atoms with Gasteiger partial charge in [0.25, 0.3) is 0 Å². The number of carbonyl (C=O) groups excluding carboxylic acids is 2. The highest BCUT2D eigenvalue weighted by Gasteiger charge is 2.33. The standard InChI is InChI=1S/C18H22N2O3S/c1-2-23-18(22)16-12-24-10-9-20(16)17(21)8-7-13-11-19-15-6-4-3-5-14(13)15/h3-6,11,16,19H,2,7-10,12H2,1H3/t16-/m0/s1. The highest BCUT2D eigenvalue weighted by molar-refractivity contribution is 7.99. The lowest BCUT2D eigenvalue weighted by atomic mass is 10.1. The summed E-state index contributed by atoms with van der Waals surface area (Å²) in [6.45, 7) is 2.75. The van der Waals surface area contributed by atoms with E-state index < -0.39 is 6.04 Å². The Morgan fingerprint density at radius 2 is 2.21 bits per heavy atom. The summed E-state index contributed by atoms with van der Waals surface area (Å²) in [6, 6.07) is 7.63. The second-order valence-electron chi connectivity index (χ2n) is 5.79. The molecule has 0 aliphatic carbocycles. The van der Waals surface area contributed by atoms with Crippen molar-refractivity contribution in [2.75, 3.05) is 24.7 Å². The van der Waals surface area contributed by atoms with Crippen LogP contribution in [0.2, 0.25) is 0 Å². The molecule has 0 radical (unpaired) electrons. The second-order valence-corrected chi connectivity index (χ2v) is 6.94. The van der Waals surface area contributed by atoms with Crippen molar-refractivity contribution < 1.29 is 14.3 Å². The number of hydrogen-bond donors (Lipinski definition) is 1. The third kappa shape index (κ3) is 3.59. The monoisotopic (exact) mass is 346 g/mol. The Kier molecular flexibility index (Phi) is 5.45. The normalized spacial score (nSPS) is 17.9. The zero-order valence-corrected chi connectivity index (χ0v) is 14.6. The fraction of sp³-hybridized carbons (Fsp3) is 0.444. The van der Waals surface area contributed by atoms with E-state index in [1.165, 1.54) is 0 Å². The summed E-state index contributed by atoms with van der Waals surface area (Å²) in [4.78, 5) is 29.7. The number of para-hydroxylation sites is 1. The van der Waals surface area contributed by atoms with Crippen LogP contribution in [0, 0.1) is 0 Å². The number of aryl methyl sites for hydroxylation is 1. The minimum atomic E-state index is -0.445. The van der Waals surface area contributed by atoms with E-state index in [4.69, 9.17) is 4.74 Å². The van der Waals surface area contributed by atoms with Crippen molar-refractivity contribution in [1.29, 1.82) is 0 Å². The van der Waals surface area contributed by atoms with Gasteiger partial charge in [0.05, 0.1) is 6.61 Å². The molecule has 0 saturated carbocycles. The number of nitrogens with one attached hydrogen (secondary N) is 1. The van der Waals surface area contributed by atoms with Gasteiger partial charge in [-0.1, -0.05) is 18.2 Å². The molecule has 0 unspecified atom stereocenters. The average Bonchev–Trinajstić information content (AvgIpc) is 3.03. The Morgan fingerprint density at radius 3 is 3.04 bits per heavy atom. The van der Waals surface area contributed by atoms with Crippen molar-refractivity contribution in [2.45, 2.75) is 25.8 Å². The number of esters is 1. The molecule has 1 N–H and O–H groups in total. The topological polar surface area (TPSA) is 62.4 Å². The van der Waals surface area contributed by atoms with E-state index >= 15 is 0 Å². The zero-order chi connectivity index (χ0) is 16.9. The largest absolute Gasteiger partial charge is 0.464 e. The summed E-state index contributed by atoms with van der Waals surface area (Å²) < 4.78 is 5.12. The number of thioether (sulfide) groups is 1. The van der Waals surface area contributed by atoms with Crippen LogP contribution in [-0.4, -0.2) is 52.5 Å². The number of aromatic nitrogens is 1. The van der Waals surface area contributed by atoms with Gasteiger partial charge >= 0.3 is 5.97 Å². The van der Waals surface area contributed by atoms with Gasteiger partial charge < -0.3 is 14.6 Å². The number of amides is 1. The molecule has 0 bridgehead atoms. The molecule has 1 aromatic carbocycles. The van der Waals surface area contributed by atoms with E-state index in [9.17, 15) is 9.59 Å². The first-order valence-electron chi connectivity index (χ1n) is 8.29. The predicted octanol–water partition coefficient (Wildman–Crippen LogP) is 2.61. The number of nitrogens with zero attached hydrogens (tertiary/aromatic N) is 1. The highest BCUT2D eigenvalue weighted by atomic mass is 32.2. The molecule has 1 fully saturated rings. The Hall–Kier alpha value is -1.95. The third-order valence-electron chi connectivity index (χ3n) is 4.29. The average molecular weight is 346 g/mol. The molecule has 1 saturated heterocycles. The van der Waals surface area contributed by atoms with Crippen LogP contribution in [0.3, 0.4) is 0 Å². The lowest BCUT2D eigenvalue weighted by molar-refractivity contribution is -0.153. The van der Waals surface area contributed by atoms with Crippen LogP contribution in [0.15, 0.2) is 30.5 Å². The maximum atomic E-state index is 12.6. The number of carbonyl (C=O) groups is 2. The summed E-state index contributed by atoms with van der Waals surface area (Å²) in [5.74, 6) is 1.23. The Balaban J connectivity index is 1.65. The quantitative estimate of drug-likeness (QED) is 0.846. The van der Waals surface area contributed by atoms with E-state index in [-0.39, 0.29) is 11.9 Å². The fourth-order valence-electron chi connectivity index (χ4n) is 3.06. The van der Waals surface area contributed by atoms with E-state index in [1.54, 1.807) is 23.6 Å². The second kappa shape index (κ2) is 7.75. The molecular formula is C18H22N2O3S. The van der Waals surface area contributed by atoms with E-state index in [0.717, 1.165) is 22.2 Å². The summed E-state index contributed by atoms with van der Waals surface area (Å²) >= 11 is 1.70. The molecule has 24 heavy (non-hydrogen) atoms. The number of fused-ring (bicyclic) bond motifs is 1.